The number of allylic oxidation sites excluding steroid dienone is 1. The first-order valence-electron chi connectivity index (χ1n) is 10.1. The molecule has 4 aliphatic heterocycles. The van der Waals surface area contributed by atoms with Gasteiger partial charge in [-0.05, 0) is 30.5 Å². The number of aliphatic hydroxyl groups excluding tert-OH is 2. The van der Waals surface area contributed by atoms with Crippen molar-refractivity contribution in [1.82, 2.24) is 0 Å². The van der Waals surface area contributed by atoms with E-state index in [4.69, 9.17) is 4.74 Å². The van der Waals surface area contributed by atoms with E-state index in [1.807, 2.05) is 25.1 Å². The first-order valence-corrected chi connectivity index (χ1v) is 10.1. The molecule has 4 fully saturated rings. The molecule has 29 heavy (non-hydrogen) atoms. The molecule has 3 N–H and O–H groups in total. The van der Waals surface area contributed by atoms with Crippen LogP contribution in [0.1, 0.15) is 25.3 Å². The highest BCUT2D eigenvalue weighted by atomic mass is 35.5. The summed E-state index contributed by atoms with van der Waals surface area (Å²) < 4.78 is 5.98. The number of likely N-dealkylation sites (N-methyl/N-ethyl adjacent to an activating group) is 1. The van der Waals surface area contributed by atoms with Gasteiger partial charge in [0.05, 0.1) is 32.7 Å². The molecule has 4 bridgehead atoms. The second-order valence-electron chi connectivity index (χ2n) is 9.16. The Morgan fingerprint density at radius 3 is 2.79 bits per heavy atom. The Morgan fingerprint density at radius 1 is 1.41 bits per heavy atom. The molecule has 0 aromatic heterocycles. The highest BCUT2D eigenvalue weighted by molar-refractivity contribution is 5.85. The minimum atomic E-state index is -1.13. The smallest absolute Gasteiger partial charge is 0.316 e. The van der Waals surface area contributed by atoms with Crippen LogP contribution in [0.4, 0.5) is 5.69 Å². The molecule has 0 amide bonds. The third-order valence-electron chi connectivity index (χ3n) is 8.64. The monoisotopic (exact) mass is 420 g/mol. The summed E-state index contributed by atoms with van der Waals surface area (Å²) in [6, 6.07) is 8.04. The molecule has 1 aromatic carbocycles. The molecule has 1 unspecified atom stereocenters. The molecular formula is C22H29ClN2O4. The number of hydrogen-bond donors (Lipinski definition) is 3. The first kappa shape index (κ1) is 20.7. The summed E-state index contributed by atoms with van der Waals surface area (Å²) in [7, 11) is 3.59. The van der Waals surface area contributed by atoms with Gasteiger partial charge in [0.15, 0.2) is 0 Å². The zero-order valence-corrected chi connectivity index (χ0v) is 17.9. The number of ether oxygens (including phenoxy) is 1. The highest BCUT2D eigenvalue weighted by Crippen LogP contribution is 2.74. The summed E-state index contributed by atoms with van der Waals surface area (Å²) in [5, 5.41) is 26.2. The number of halogens is 1. The molecule has 1 aliphatic carbocycles. The second-order valence-corrected chi connectivity index (χ2v) is 9.16. The lowest BCUT2D eigenvalue weighted by atomic mass is 9.45. The molecule has 4 heterocycles. The van der Waals surface area contributed by atoms with Crippen LogP contribution in [0.5, 0.6) is 0 Å². The summed E-state index contributed by atoms with van der Waals surface area (Å²) in [4.78, 5) is 13.5. The number of para-hydroxylation sites is 1. The standard InChI is InChI=1S/C22H29N2O4.ClH/c1-4-14-12-24(2)10-9-21-15-7-5-6-8-17(15)23-22(21,24)18(26)11-16(14)20(21,13-25)19(27)28-3;/h4-8,16,18,23,25-26H,9-13H2,1-3H3;1H/q+1;/p-1/t16-,18-,20-,21-,22-,24?;/m0./s1. The minimum Gasteiger partial charge on any atom is -1.00 e. The van der Waals surface area contributed by atoms with Crippen LogP contribution >= 0.6 is 0 Å². The van der Waals surface area contributed by atoms with Crippen molar-refractivity contribution in [3.8, 4) is 0 Å². The molecule has 158 valence electrons. The number of nitrogens with zero attached hydrogens (tertiary/aromatic N) is 1. The lowest BCUT2D eigenvalue weighted by molar-refractivity contribution is -0.944. The van der Waals surface area contributed by atoms with E-state index in [1.54, 1.807) is 0 Å². The SMILES string of the molecule is CC=C1C[N+]2(C)CC[C@@]34c5ccccc5N[C@]32[C@@H](O)C[C@@H]1[C@@]4(CO)C(=O)OC.[Cl-]. The summed E-state index contributed by atoms with van der Waals surface area (Å²) in [5.41, 5.74) is 0.476. The van der Waals surface area contributed by atoms with Crippen LogP contribution in [0, 0.1) is 11.3 Å². The minimum absolute atomic E-state index is 0. The van der Waals surface area contributed by atoms with Gasteiger partial charge < -0.3 is 32.7 Å². The van der Waals surface area contributed by atoms with Gasteiger partial charge in [0, 0.05) is 18.0 Å². The van der Waals surface area contributed by atoms with E-state index in [0.717, 1.165) is 29.9 Å². The van der Waals surface area contributed by atoms with Crippen molar-refractivity contribution in [3.63, 3.8) is 0 Å². The molecule has 3 saturated heterocycles. The largest absolute Gasteiger partial charge is 1.00 e. The van der Waals surface area contributed by atoms with Crippen LogP contribution in [-0.4, -0.2) is 66.3 Å². The normalized spacial score (nSPS) is 45.1. The van der Waals surface area contributed by atoms with E-state index in [2.05, 4.69) is 24.5 Å². The molecule has 6 nitrogen and oxygen atoms in total. The summed E-state index contributed by atoms with van der Waals surface area (Å²) in [5.74, 6) is -0.629. The number of carbonyl (C=O) groups excluding carboxylic acids is 1. The maximum atomic E-state index is 13.5. The molecule has 5 aliphatic rings. The van der Waals surface area contributed by atoms with E-state index < -0.39 is 22.6 Å². The quantitative estimate of drug-likeness (QED) is 0.305. The van der Waals surface area contributed by atoms with E-state index in [1.165, 1.54) is 7.11 Å². The van der Waals surface area contributed by atoms with Gasteiger partial charge in [0.25, 0.3) is 0 Å². The number of nitrogens with one attached hydrogen (secondary N) is 1. The number of carbonyl (C=O) groups is 1. The van der Waals surface area contributed by atoms with Crippen LogP contribution < -0.4 is 17.7 Å². The Kier molecular flexibility index (Phi) is 4.42. The van der Waals surface area contributed by atoms with E-state index >= 15 is 0 Å². The molecule has 6 atom stereocenters. The molecule has 7 heteroatoms. The molecule has 1 spiro atoms. The third-order valence-corrected chi connectivity index (χ3v) is 8.64. The van der Waals surface area contributed by atoms with Gasteiger partial charge in [0.2, 0.25) is 5.66 Å². The Balaban J connectivity index is 0.00000205. The number of quaternary nitrogens is 1. The molecule has 6 rings (SSSR count). The molecule has 1 aromatic rings. The van der Waals surface area contributed by atoms with Gasteiger partial charge in [-0.2, -0.15) is 0 Å². The summed E-state index contributed by atoms with van der Waals surface area (Å²) in [6.45, 7) is 3.26. The number of fused-ring (bicyclic) bond motifs is 3. The van der Waals surface area contributed by atoms with Crippen molar-refractivity contribution in [3.05, 3.63) is 41.5 Å². The Bertz CT molecular complexity index is 907. The predicted molar refractivity (Wildman–Crippen MR) is 104 cm³/mol. The second kappa shape index (κ2) is 6.20. The topological polar surface area (TPSA) is 78.8 Å². The van der Waals surface area contributed by atoms with Crippen LogP contribution in [0.25, 0.3) is 0 Å². The van der Waals surface area contributed by atoms with E-state index in [9.17, 15) is 15.0 Å². The maximum Gasteiger partial charge on any atom is 0.316 e. The third kappa shape index (κ3) is 1.84. The number of rotatable bonds is 2. The zero-order chi connectivity index (χ0) is 19.9. The fraction of sp³-hybridized carbons (Fsp3) is 0.591. The Morgan fingerprint density at radius 2 is 2.14 bits per heavy atom. The van der Waals surface area contributed by atoms with Crippen molar-refractivity contribution < 1.29 is 36.6 Å². The van der Waals surface area contributed by atoms with Crippen LogP contribution in [-0.2, 0) is 14.9 Å². The van der Waals surface area contributed by atoms with Crippen molar-refractivity contribution >= 4 is 11.7 Å². The van der Waals surface area contributed by atoms with Crippen LogP contribution in [0.2, 0.25) is 0 Å². The fourth-order valence-electron chi connectivity index (χ4n) is 7.70. The van der Waals surface area contributed by atoms with E-state index in [0.29, 0.717) is 17.3 Å². The first-order chi connectivity index (χ1) is 13.4. The van der Waals surface area contributed by atoms with Gasteiger partial charge in [-0.25, -0.2) is 0 Å². The summed E-state index contributed by atoms with van der Waals surface area (Å²) >= 11 is 0. The van der Waals surface area contributed by atoms with Crippen molar-refractivity contribution in [1.29, 1.82) is 0 Å². The molecule has 1 saturated carbocycles. The average Bonchev–Trinajstić information content (AvgIpc) is 3.12. The highest BCUT2D eigenvalue weighted by Gasteiger charge is 2.88. The van der Waals surface area contributed by atoms with Gasteiger partial charge in [-0.3, -0.25) is 9.28 Å². The lowest BCUT2D eigenvalue weighted by Crippen LogP contribution is -3.00. The maximum absolute atomic E-state index is 13.5. The summed E-state index contributed by atoms with van der Waals surface area (Å²) in [6.07, 6.45) is 2.59. The van der Waals surface area contributed by atoms with Crippen molar-refractivity contribution in [2.75, 3.05) is 39.2 Å². The number of anilines is 1. The van der Waals surface area contributed by atoms with Crippen LogP contribution in [0.3, 0.4) is 0 Å². The molecule has 0 radical (unpaired) electrons. The van der Waals surface area contributed by atoms with Crippen molar-refractivity contribution in [2.24, 2.45) is 11.3 Å². The predicted octanol–water partition coefficient (Wildman–Crippen LogP) is -1.61. The average molecular weight is 421 g/mol. The zero-order valence-electron chi connectivity index (χ0n) is 17.1. The number of benzene rings is 1. The van der Waals surface area contributed by atoms with Crippen molar-refractivity contribution in [2.45, 2.75) is 36.9 Å². The van der Waals surface area contributed by atoms with Crippen LogP contribution in [0.15, 0.2) is 35.9 Å². The number of methoxy groups -OCH3 is 1. The number of esters is 1. The fourth-order valence-corrected chi connectivity index (χ4v) is 7.70. The number of hydrogen-bond acceptors (Lipinski definition) is 5. The van der Waals surface area contributed by atoms with Gasteiger partial charge >= 0.3 is 5.97 Å². The van der Waals surface area contributed by atoms with Gasteiger partial charge in [-0.15, -0.1) is 0 Å². The van der Waals surface area contributed by atoms with Gasteiger partial charge in [0.1, 0.15) is 18.1 Å². The Labute approximate surface area is 177 Å². The Hall–Kier alpha value is -1.60. The molecular weight excluding hydrogens is 392 g/mol. The van der Waals surface area contributed by atoms with E-state index in [-0.39, 0.29) is 30.9 Å². The number of aliphatic hydroxyl groups is 2. The van der Waals surface area contributed by atoms with Gasteiger partial charge in [-0.1, -0.05) is 24.3 Å². The lowest BCUT2D eigenvalue weighted by Gasteiger charge is -2.58.